The van der Waals surface area contributed by atoms with Gasteiger partial charge in [0.1, 0.15) is 5.75 Å². The molecule has 0 spiro atoms. The van der Waals surface area contributed by atoms with Crippen molar-refractivity contribution >= 4 is 61.9 Å². The molecule has 3 aromatic carbocycles. The van der Waals surface area contributed by atoms with Gasteiger partial charge in [0, 0.05) is 6.08 Å². The molecule has 0 aromatic heterocycles. The Hall–Kier alpha value is -3.23. The van der Waals surface area contributed by atoms with Crippen LogP contribution in [0.5, 0.6) is 5.75 Å². The molecule has 3 aromatic rings. The van der Waals surface area contributed by atoms with Gasteiger partial charge >= 0.3 is 0 Å². The highest BCUT2D eigenvalue weighted by atomic mass is 79.9. The van der Waals surface area contributed by atoms with E-state index in [1.54, 1.807) is 12.1 Å². The minimum absolute atomic E-state index is 0.0302. The molecule has 6 nitrogen and oxygen atoms in total. The van der Waals surface area contributed by atoms with Gasteiger partial charge in [0.25, 0.3) is 5.91 Å². The van der Waals surface area contributed by atoms with Gasteiger partial charge in [0.05, 0.1) is 4.47 Å². The Morgan fingerprint density at radius 1 is 1.06 bits per heavy atom. The Kier molecular flexibility index (Phi) is 7.75. The lowest BCUT2D eigenvalue weighted by Gasteiger charge is -2.11. The van der Waals surface area contributed by atoms with E-state index in [4.69, 9.17) is 17.0 Å². The topological polar surface area (TPSA) is 79.5 Å². The molecule has 8 heteroatoms. The van der Waals surface area contributed by atoms with Crippen LogP contribution in [-0.2, 0) is 9.59 Å². The first-order valence-electron chi connectivity index (χ1n) is 9.37. The Bertz CT molecular complexity index is 1160. The molecule has 3 rings (SSSR count). The quantitative estimate of drug-likeness (QED) is 0.281. The molecule has 0 aliphatic rings. The standard InChI is InChI=1S/C23H20BrN3O3S/c1-15-9-11-20(19(24)13-15)30-14-22(29)26-27-23(31)25-21(28)12-10-17-7-4-6-16-5-2-3-8-18(16)17/h2-13H,14H2,1H3,(H,26,29)(H2,25,27,28,31)/b12-10+. The van der Waals surface area contributed by atoms with Crippen LogP contribution in [0.2, 0.25) is 0 Å². The van der Waals surface area contributed by atoms with Crippen molar-refractivity contribution < 1.29 is 14.3 Å². The zero-order valence-corrected chi connectivity index (χ0v) is 19.0. The lowest BCUT2D eigenvalue weighted by molar-refractivity contribution is -0.123. The molecule has 0 bridgehead atoms. The predicted molar refractivity (Wildman–Crippen MR) is 129 cm³/mol. The number of hydrogen-bond donors (Lipinski definition) is 3. The van der Waals surface area contributed by atoms with Crippen LogP contribution in [-0.4, -0.2) is 23.5 Å². The van der Waals surface area contributed by atoms with E-state index >= 15 is 0 Å². The van der Waals surface area contributed by atoms with Crippen LogP contribution >= 0.6 is 28.1 Å². The molecule has 0 aliphatic heterocycles. The van der Waals surface area contributed by atoms with Crippen molar-refractivity contribution in [2.45, 2.75) is 6.92 Å². The summed E-state index contributed by atoms with van der Waals surface area (Å²) in [6, 6.07) is 19.3. The summed E-state index contributed by atoms with van der Waals surface area (Å²) in [5.41, 5.74) is 6.84. The number of fused-ring (bicyclic) bond motifs is 1. The van der Waals surface area contributed by atoms with E-state index in [-0.39, 0.29) is 11.7 Å². The molecule has 158 valence electrons. The number of hydrazine groups is 1. The van der Waals surface area contributed by atoms with E-state index < -0.39 is 11.8 Å². The largest absolute Gasteiger partial charge is 0.483 e. The lowest BCUT2D eigenvalue weighted by atomic mass is 10.0. The van der Waals surface area contributed by atoms with Gasteiger partial charge in [0.2, 0.25) is 5.91 Å². The summed E-state index contributed by atoms with van der Waals surface area (Å²) in [5, 5.41) is 4.58. The summed E-state index contributed by atoms with van der Waals surface area (Å²) in [6.07, 6.45) is 3.10. The molecule has 31 heavy (non-hydrogen) atoms. The van der Waals surface area contributed by atoms with Crippen molar-refractivity contribution in [1.82, 2.24) is 16.2 Å². The molecule has 0 heterocycles. The van der Waals surface area contributed by atoms with Crippen LogP contribution in [0, 0.1) is 6.92 Å². The predicted octanol–water partition coefficient (Wildman–Crippen LogP) is 4.02. The van der Waals surface area contributed by atoms with E-state index in [2.05, 4.69) is 32.1 Å². The lowest BCUT2D eigenvalue weighted by Crippen LogP contribution is -2.49. The minimum Gasteiger partial charge on any atom is -0.483 e. The highest BCUT2D eigenvalue weighted by Crippen LogP contribution is 2.25. The molecule has 0 radical (unpaired) electrons. The van der Waals surface area contributed by atoms with Crippen LogP contribution in [0.4, 0.5) is 0 Å². The van der Waals surface area contributed by atoms with Crippen molar-refractivity contribution in [3.8, 4) is 5.75 Å². The first-order valence-corrected chi connectivity index (χ1v) is 10.6. The number of halogens is 1. The van der Waals surface area contributed by atoms with Gasteiger partial charge in [0.15, 0.2) is 11.7 Å². The van der Waals surface area contributed by atoms with Gasteiger partial charge in [-0.3, -0.25) is 25.8 Å². The number of aryl methyl sites for hydroxylation is 1. The Labute approximate surface area is 193 Å². The Morgan fingerprint density at radius 2 is 1.84 bits per heavy atom. The summed E-state index contributed by atoms with van der Waals surface area (Å²) in [6.45, 7) is 1.74. The van der Waals surface area contributed by atoms with Crippen LogP contribution in [0.25, 0.3) is 16.8 Å². The normalized spacial score (nSPS) is 10.6. The molecule has 0 atom stereocenters. The van der Waals surface area contributed by atoms with Gasteiger partial charge < -0.3 is 4.74 Å². The first-order chi connectivity index (χ1) is 14.9. The number of carbonyl (C=O) groups is 2. The second kappa shape index (κ2) is 10.7. The molecular formula is C23H20BrN3O3S. The maximum atomic E-state index is 12.1. The fourth-order valence-electron chi connectivity index (χ4n) is 2.77. The summed E-state index contributed by atoms with van der Waals surface area (Å²) in [7, 11) is 0. The van der Waals surface area contributed by atoms with E-state index in [1.807, 2.05) is 61.5 Å². The van der Waals surface area contributed by atoms with E-state index in [1.165, 1.54) is 6.08 Å². The van der Waals surface area contributed by atoms with Gasteiger partial charge in [-0.1, -0.05) is 48.5 Å². The van der Waals surface area contributed by atoms with Crippen LogP contribution in [0.1, 0.15) is 11.1 Å². The van der Waals surface area contributed by atoms with Crippen LogP contribution in [0.3, 0.4) is 0 Å². The first kappa shape index (κ1) is 22.5. The highest BCUT2D eigenvalue weighted by Gasteiger charge is 2.07. The molecule has 0 fully saturated rings. The molecule has 3 N–H and O–H groups in total. The molecule has 2 amide bonds. The molecule has 0 saturated heterocycles. The van der Waals surface area contributed by atoms with Gasteiger partial charge in [-0.05, 0) is 75.2 Å². The number of amides is 2. The van der Waals surface area contributed by atoms with Crippen LogP contribution < -0.4 is 20.9 Å². The molecule has 0 unspecified atom stereocenters. The monoisotopic (exact) mass is 497 g/mol. The number of rotatable bonds is 5. The fraction of sp³-hybridized carbons (Fsp3) is 0.0870. The summed E-state index contributed by atoms with van der Waals surface area (Å²) >= 11 is 8.41. The third kappa shape index (κ3) is 6.63. The van der Waals surface area contributed by atoms with Gasteiger partial charge in [-0.2, -0.15) is 0 Å². The number of nitrogens with one attached hydrogen (secondary N) is 3. The smallest absolute Gasteiger partial charge is 0.276 e. The zero-order chi connectivity index (χ0) is 22.2. The second-order valence-corrected chi connectivity index (χ2v) is 7.88. The van der Waals surface area contributed by atoms with Crippen molar-refractivity contribution in [1.29, 1.82) is 0 Å². The van der Waals surface area contributed by atoms with Crippen molar-refractivity contribution in [3.63, 3.8) is 0 Å². The highest BCUT2D eigenvalue weighted by molar-refractivity contribution is 9.10. The average Bonchev–Trinajstić information content (AvgIpc) is 2.75. The van der Waals surface area contributed by atoms with Crippen molar-refractivity contribution in [2.24, 2.45) is 0 Å². The van der Waals surface area contributed by atoms with E-state index in [0.29, 0.717) is 5.75 Å². The van der Waals surface area contributed by atoms with E-state index in [9.17, 15) is 9.59 Å². The molecular weight excluding hydrogens is 478 g/mol. The molecule has 0 aliphatic carbocycles. The number of benzene rings is 3. The average molecular weight is 498 g/mol. The number of ether oxygens (including phenoxy) is 1. The summed E-state index contributed by atoms with van der Waals surface area (Å²) in [5.74, 6) is -0.315. The van der Waals surface area contributed by atoms with Crippen molar-refractivity contribution in [2.75, 3.05) is 6.61 Å². The zero-order valence-electron chi connectivity index (χ0n) is 16.6. The fourth-order valence-corrected chi connectivity index (χ4v) is 3.53. The SMILES string of the molecule is Cc1ccc(OCC(=O)NNC(=S)NC(=O)/C=C/c2cccc3ccccc23)c(Br)c1. The Balaban J connectivity index is 1.45. The third-order valence-corrected chi connectivity index (χ3v) is 5.06. The maximum absolute atomic E-state index is 12.1. The maximum Gasteiger partial charge on any atom is 0.276 e. The van der Waals surface area contributed by atoms with Gasteiger partial charge in [-0.15, -0.1) is 0 Å². The molecule has 0 saturated carbocycles. The number of carbonyl (C=O) groups excluding carboxylic acids is 2. The summed E-state index contributed by atoms with van der Waals surface area (Å²) < 4.78 is 6.21. The van der Waals surface area contributed by atoms with Crippen molar-refractivity contribution in [3.05, 3.63) is 82.3 Å². The van der Waals surface area contributed by atoms with Crippen LogP contribution in [0.15, 0.2) is 71.2 Å². The Morgan fingerprint density at radius 3 is 2.65 bits per heavy atom. The van der Waals surface area contributed by atoms with Gasteiger partial charge in [-0.25, -0.2) is 0 Å². The second-order valence-electron chi connectivity index (χ2n) is 6.62. The summed E-state index contributed by atoms with van der Waals surface area (Å²) in [4.78, 5) is 24.0. The number of hydrogen-bond acceptors (Lipinski definition) is 4. The van der Waals surface area contributed by atoms with E-state index in [0.717, 1.165) is 26.4 Å². The number of thiocarbonyl (C=S) groups is 1. The minimum atomic E-state index is -0.449. The third-order valence-electron chi connectivity index (χ3n) is 4.24.